The average molecular weight is 252 g/mol. The largest absolute Gasteiger partial charge is 0.477 e. The predicted octanol–water partition coefficient (Wildman–Crippen LogP) is 2.01. The molecule has 0 bridgehead atoms. The lowest BCUT2D eigenvalue weighted by atomic mass is 10.2. The monoisotopic (exact) mass is 252 g/mol. The molecule has 18 heavy (non-hydrogen) atoms. The SMILES string of the molecule is O=C(O)c1cc([N+](=O)[O-])cnc1OC1CCCC1. The van der Waals surface area contributed by atoms with Crippen LogP contribution in [0.5, 0.6) is 5.88 Å². The van der Waals surface area contributed by atoms with Gasteiger partial charge in [-0.3, -0.25) is 10.1 Å². The molecule has 0 saturated heterocycles. The molecule has 1 N–H and O–H groups in total. The van der Waals surface area contributed by atoms with E-state index in [4.69, 9.17) is 9.84 Å². The molecule has 96 valence electrons. The molecule has 0 spiro atoms. The summed E-state index contributed by atoms with van der Waals surface area (Å²) < 4.78 is 5.49. The van der Waals surface area contributed by atoms with Crippen molar-refractivity contribution in [3.63, 3.8) is 0 Å². The van der Waals surface area contributed by atoms with Gasteiger partial charge in [-0.2, -0.15) is 0 Å². The first-order valence-corrected chi connectivity index (χ1v) is 5.62. The lowest BCUT2D eigenvalue weighted by Gasteiger charge is -2.13. The third-order valence-electron chi connectivity index (χ3n) is 2.86. The Morgan fingerprint density at radius 2 is 2.17 bits per heavy atom. The van der Waals surface area contributed by atoms with Crippen LogP contribution in [0.2, 0.25) is 0 Å². The van der Waals surface area contributed by atoms with Crippen molar-refractivity contribution in [1.82, 2.24) is 4.98 Å². The Labute approximate surface area is 103 Å². The zero-order valence-electron chi connectivity index (χ0n) is 9.54. The summed E-state index contributed by atoms with van der Waals surface area (Å²) in [6.07, 6.45) is 4.77. The number of carbonyl (C=O) groups is 1. The zero-order chi connectivity index (χ0) is 13.1. The standard InChI is InChI=1S/C11H12N2O5/c14-11(15)9-5-7(13(16)17)6-12-10(9)18-8-3-1-2-4-8/h5-6,8H,1-4H2,(H,14,15). The van der Waals surface area contributed by atoms with Crippen LogP contribution in [-0.2, 0) is 0 Å². The number of carboxylic acid groups (broad SMARTS) is 1. The van der Waals surface area contributed by atoms with Crippen molar-refractivity contribution in [2.24, 2.45) is 0 Å². The van der Waals surface area contributed by atoms with Gasteiger partial charge in [0.25, 0.3) is 5.69 Å². The molecular weight excluding hydrogens is 240 g/mol. The number of aromatic nitrogens is 1. The molecule has 0 aromatic carbocycles. The van der Waals surface area contributed by atoms with Crippen molar-refractivity contribution >= 4 is 11.7 Å². The molecule has 1 heterocycles. The number of ether oxygens (including phenoxy) is 1. The van der Waals surface area contributed by atoms with Crippen LogP contribution in [0, 0.1) is 10.1 Å². The lowest BCUT2D eigenvalue weighted by Crippen LogP contribution is -2.15. The summed E-state index contributed by atoms with van der Waals surface area (Å²) in [7, 11) is 0. The average Bonchev–Trinajstić information content (AvgIpc) is 2.81. The maximum atomic E-state index is 11.0. The van der Waals surface area contributed by atoms with Crippen molar-refractivity contribution < 1.29 is 19.6 Å². The van der Waals surface area contributed by atoms with Crippen LogP contribution < -0.4 is 4.74 Å². The van der Waals surface area contributed by atoms with Crippen LogP contribution in [0.3, 0.4) is 0 Å². The molecule has 0 atom stereocenters. The van der Waals surface area contributed by atoms with E-state index < -0.39 is 10.9 Å². The Balaban J connectivity index is 2.28. The van der Waals surface area contributed by atoms with E-state index in [1.807, 2.05) is 0 Å². The van der Waals surface area contributed by atoms with Crippen molar-refractivity contribution in [1.29, 1.82) is 0 Å². The molecule has 0 amide bonds. The molecule has 1 saturated carbocycles. The van der Waals surface area contributed by atoms with Crippen LogP contribution >= 0.6 is 0 Å². The summed E-state index contributed by atoms with van der Waals surface area (Å²) in [5.41, 5.74) is -0.623. The second-order valence-corrected chi connectivity index (χ2v) is 4.13. The van der Waals surface area contributed by atoms with Crippen LogP contribution in [-0.4, -0.2) is 27.1 Å². The fourth-order valence-electron chi connectivity index (χ4n) is 1.95. The van der Waals surface area contributed by atoms with Crippen LogP contribution in [0.25, 0.3) is 0 Å². The summed E-state index contributed by atoms with van der Waals surface area (Å²) >= 11 is 0. The topological polar surface area (TPSA) is 103 Å². The van der Waals surface area contributed by atoms with E-state index in [2.05, 4.69) is 4.98 Å². The van der Waals surface area contributed by atoms with E-state index in [1.54, 1.807) is 0 Å². The van der Waals surface area contributed by atoms with E-state index in [1.165, 1.54) is 0 Å². The van der Waals surface area contributed by atoms with Gasteiger partial charge in [0.2, 0.25) is 5.88 Å². The fraction of sp³-hybridized carbons (Fsp3) is 0.455. The van der Waals surface area contributed by atoms with Gasteiger partial charge >= 0.3 is 5.97 Å². The molecule has 1 aliphatic rings. The minimum absolute atomic E-state index is 0.0417. The number of hydrogen-bond donors (Lipinski definition) is 1. The highest BCUT2D eigenvalue weighted by Gasteiger charge is 2.23. The van der Waals surface area contributed by atoms with E-state index in [0.29, 0.717) is 0 Å². The number of rotatable bonds is 4. The smallest absolute Gasteiger partial charge is 0.341 e. The van der Waals surface area contributed by atoms with Crippen molar-refractivity contribution in [2.45, 2.75) is 31.8 Å². The summed E-state index contributed by atoms with van der Waals surface area (Å²) in [5, 5.41) is 19.6. The quantitative estimate of drug-likeness (QED) is 0.649. The van der Waals surface area contributed by atoms with Gasteiger partial charge in [0.05, 0.1) is 4.92 Å². The molecule has 1 aromatic heterocycles. The summed E-state index contributed by atoms with van der Waals surface area (Å²) in [4.78, 5) is 24.6. The number of aromatic carboxylic acids is 1. The Bertz CT molecular complexity index is 482. The molecule has 0 unspecified atom stereocenters. The molecule has 1 fully saturated rings. The number of nitrogens with zero attached hydrogens (tertiary/aromatic N) is 2. The van der Waals surface area contributed by atoms with Crippen LogP contribution in [0.15, 0.2) is 12.3 Å². The number of carboxylic acids is 1. The Kier molecular flexibility index (Phi) is 3.40. The molecule has 1 aliphatic carbocycles. The van der Waals surface area contributed by atoms with E-state index in [-0.39, 0.29) is 23.2 Å². The molecule has 7 heteroatoms. The molecule has 0 radical (unpaired) electrons. The molecule has 2 rings (SSSR count). The Hall–Kier alpha value is -2.18. The fourth-order valence-corrected chi connectivity index (χ4v) is 1.95. The third kappa shape index (κ3) is 2.55. The summed E-state index contributed by atoms with van der Waals surface area (Å²) in [6, 6.07) is 0.972. The second-order valence-electron chi connectivity index (χ2n) is 4.13. The molecule has 0 aliphatic heterocycles. The Morgan fingerprint density at radius 3 is 2.72 bits per heavy atom. The van der Waals surface area contributed by atoms with Gasteiger partial charge in [0, 0.05) is 6.07 Å². The van der Waals surface area contributed by atoms with E-state index in [9.17, 15) is 14.9 Å². The van der Waals surface area contributed by atoms with Crippen LogP contribution in [0.4, 0.5) is 5.69 Å². The van der Waals surface area contributed by atoms with Gasteiger partial charge in [-0.05, 0) is 25.7 Å². The van der Waals surface area contributed by atoms with Crippen molar-refractivity contribution in [3.8, 4) is 5.88 Å². The first-order valence-electron chi connectivity index (χ1n) is 5.62. The highest BCUT2D eigenvalue weighted by molar-refractivity contribution is 5.90. The Morgan fingerprint density at radius 1 is 1.50 bits per heavy atom. The van der Waals surface area contributed by atoms with Gasteiger partial charge in [-0.25, -0.2) is 9.78 Å². The predicted molar refractivity (Wildman–Crippen MR) is 60.7 cm³/mol. The number of pyridine rings is 1. The van der Waals surface area contributed by atoms with Gasteiger partial charge in [0.15, 0.2) is 0 Å². The van der Waals surface area contributed by atoms with Crippen molar-refractivity contribution in [3.05, 3.63) is 27.9 Å². The van der Waals surface area contributed by atoms with Gasteiger partial charge < -0.3 is 9.84 Å². The molecular formula is C11H12N2O5. The zero-order valence-corrected chi connectivity index (χ0v) is 9.54. The first-order chi connectivity index (χ1) is 8.58. The minimum atomic E-state index is -1.28. The minimum Gasteiger partial charge on any atom is -0.477 e. The maximum absolute atomic E-state index is 11.0. The van der Waals surface area contributed by atoms with Gasteiger partial charge in [-0.15, -0.1) is 0 Å². The summed E-state index contributed by atoms with van der Waals surface area (Å²) in [5.74, 6) is -1.32. The lowest BCUT2D eigenvalue weighted by molar-refractivity contribution is -0.385. The maximum Gasteiger partial charge on any atom is 0.341 e. The molecule has 1 aromatic rings. The first kappa shape index (κ1) is 12.3. The number of hydrogen-bond acceptors (Lipinski definition) is 5. The highest BCUT2D eigenvalue weighted by atomic mass is 16.6. The van der Waals surface area contributed by atoms with E-state index in [0.717, 1.165) is 37.9 Å². The van der Waals surface area contributed by atoms with Crippen molar-refractivity contribution in [2.75, 3.05) is 0 Å². The number of nitro groups is 1. The van der Waals surface area contributed by atoms with Gasteiger partial charge in [-0.1, -0.05) is 0 Å². The van der Waals surface area contributed by atoms with Crippen LogP contribution in [0.1, 0.15) is 36.0 Å². The van der Waals surface area contributed by atoms with E-state index >= 15 is 0 Å². The highest BCUT2D eigenvalue weighted by Crippen LogP contribution is 2.27. The second kappa shape index (κ2) is 4.99. The third-order valence-corrected chi connectivity index (χ3v) is 2.86. The van der Waals surface area contributed by atoms with Gasteiger partial charge in [0.1, 0.15) is 17.9 Å². The molecule has 7 nitrogen and oxygen atoms in total. The normalized spacial score (nSPS) is 15.6. The summed E-state index contributed by atoms with van der Waals surface area (Å²) in [6.45, 7) is 0.